The predicted molar refractivity (Wildman–Crippen MR) is 220 cm³/mol. The van der Waals surface area contributed by atoms with Crippen molar-refractivity contribution < 1.29 is 0 Å². The summed E-state index contributed by atoms with van der Waals surface area (Å²) in [5.74, 6) is 1.58. The maximum absolute atomic E-state index is 5.24. The molecule has 1 aliphatic heterocycles. The summed E-state index contributed by atoms with van der Waals surface area (Å²) in [4.78, 5) is 15.3. The van der Waals surface area contributed by atoms with Crippen LogP contribution in [0.2, 0.25) is 0 Å². The van der Waals surface area contributed by atoms with E-state index in [-0.39, 0.29) is 11.5 Å². The first kappa shape index (κ1) is 32.5. The number of rotatable bonds is 6. The molecule has 256 valence electrons. The molecular weight excluding hydrogens is 645 g/mol. The van der Waals surface area contributed by atoms with Gasteiger partial charge >= 0.3 is 0 Å². The minimum Gasteiger partial charge on any atom is -0.364 e. The molecule has 4 heteroatoms. The average molecular weight is 685 g/mol. The maximum atomic E-state index is 5.24. The Labute approximate surface area is 311 Å². The Morgan fingerprint density at radius 1 is 0.491 bits per heavy atom. The molecule has 1 aliphatic carbocycles. The number of amidine groups is 1. The molecule has 9 rings (SSSR count). The lowest BCUT2D eigenvalue weighted by Crippen LogP contribution is -2.34. The molecule has 0 bridgehead atoms. The molecule has 0 amide bonds. The molecule has 2 aliphatic rings. The lowest BCUT2D eigenvalue weighted by Gasteiger charge is -2.21. The zero-order chi connectivity index (χ0) is 36.1. The third-order valence-corrected chi connectivity index (χ3v) is 10.6. The molecule has 1 N–H and O–H groups in total. The third kappa shape index (κ3) is 6.06. The first-order valence-corrected chi connectivity index (χ1v) is 18.3. The Hall–Kier alpha value is -6.39. The van der Waals surface area contributed by atoms with E-state index in [0.29, 0.717) is 5.82 Å². The van der Waals surface area contributed by atoms with Gasteiger partial charge < -0.3 is 5.32 Å². The number of aliphatic imine (C=N–C) groups is 1. The number of fused-ring (bicyclic) bond motifs is 3. The van der Waals surface area contributed by atoms with Crippen molar-refractivity contribution in [2.45, 2.75) is 39.2 Å². The number of nitrogens with one attached hydrogen (secondary N) is 1. The van der Waals surface area contributed by atoms with Crippen LogP contribution in [0, 0.1) is 0 Å². The van der Waals surface area contributed by atoms with Crippen molar-refractivity contribution in [1.82, 2.24) is 15.3 Å². The number of hydrogen-bond acceptors (Lipinski definition) is 4. The lowest BCUT2D eigenvalue weighted by atomic mass is 9.82. The fraction of sp³-hybridized carbons (Fsp3) is 0.122. The van der Waals surface area contributed by atoms with Crippen LogP contribution >= 0.6 is 0 Å². The van der Waals surface area contributed by atoms with E-state index in [1.165, 1.54) is 22.3 Å². The smallest absolute Gasteiger partial charge is 0.160 e. The Morgan fingerprint density at radius 2 is 1.04 bits per heavy atom. The van der Waals surface area contributed by atoms with Crippen molar-refractivity contribution in [3.8, 4) is 67.3 Å². The molecule has 2 heterocycles. The second kappa shape index (κ2) is 13.0. The van der Waals surface area contributed by atoms with Crippen LogP contribution in [-0.2, 0) is 5.41 Å². The van der Waals surface area contributed by atoms with Crippen LogP contribution in [0.1, 0.15) is 44.4 Å². The van der Waals surface area contributed by atoms with Gasteiger partial charge in [0.25, 0.3) is 0 Å². The molecular formula is C49H40N4. The SMILES string of the molecule is CC1=CC(C)NC(c2cccc(-c3cc(-c4ccc5c(c4)-c4ccccc4C5(C)C)cc(-c4nc(-c5ccccc5)cc(-c5ccccc5)n4)c3)c2)=N1. The average Bonchev–Trinajstić information content (AvgIpc) is 3.43. The van der Waals surface area contributed by atoms with Crippen LogP contribution in [0.3, 0.4) is 0 Å². The van der Waals surface area contributed by atoms with E-state index in [1.807, 2.05) is 12.1 Å². The third-order valence-electron chi connectivity index (χ3n) is 10.6. The van der Waals surface area contributed by atoms with Crippen molar-refractivity contribution in [3.63, 3.8) is 0 Å². The van der Waals surface area contributed by atoms with Gasteiger partial charge in [0, 0.05) is 39.4 Å². The number of hydrogen-bond donors (Lipinski definition) is 1. The highest BCUT2D eigenvalue weighted by molar-refractivity contribution is 6.01. The normalized spacial score (nSPS) is 15.5. The summed E-state index contributed by atoms with van der Waals surface area (Å²) in [7, 11) is 0. The van der Waals surface area contributed by atoms with Gasteiger partial charge in [-0.3, -0.25) is 0 Å². The first-order chi connectivity index (χ1) is 25.8. The summed E-state index contributed by atoms with van der Waals surface area (Å²) in [5.41, 5.74) is 16.7. The zero-order valence-corrected chi connectivity index (χ0v) is 30.4. The first-order valence-electron chi connectivity index (χ1n) is 18.3. The van der Waals surface area contributed by atoms with Crippen molar-refractivity contribution in [3.05, 3.63) is 180 Å². The summed E-state index contributed by atoms with van der Waals surface area (Å²) >= 11 is 0. The fourth-order valence-corrected chi connectivity index (χ4v) is 7.94. The molecule has 1 unspecified atom stereocenters. The highest BCUT2D eigenvalue weighted by Crippen LogP contribution is 2.49. The monoisotopic (exact) mass is 684 g/mol. The molecule has 1 atom stereocenters. The van der Waals surface area contributed by atoms with Gasteiger partial charge in [-0.1, -0.05) is 129 Å². The molecule has 4 nitrogen and oxygen atoms in total. The zero-order valence-electron chi connectivity index (χ0n) is 30.4. The van der Waals surface area contributed by atoms with E-state index in [4.69, 9.17) is 15.0 Å². The molecule has 0 saturated heterocycles. The summed E-state index contributed by atoms with van der Waals surface area (Å²) in [6.07, 6.45) is 2.15. The van der Waals surface area contributed by atoms with Gasteiger partial charge in [-0.2, -0.15) is 0 Å². The van der Waals surface area contributed by atoms with Gasteiger partial charge in [-0.25, -0.2) is 15.0 Å². The summed E-state index contributed by atoms with van der Waals surface area (Å²) in [6, 6.07) is 54.3. The second-order valence-electron chi connectivity index (χ2n) is 14.7. The molecule has 7 aromatic rings. The van der Waals surface area contributed by atoms with E-state index in [2.05, 4.69) is 179 Å². The van der Waals surface area contributed by atoms with E-state index < -0.39 is 0 Å². The van der Waals surface area contributed by atoms with E-state index in [1.54, 1.807) is 0 Å². The van der Waals surface area contributed by atoms with Crippen molar-refractivity contribution in [2.75, 3.05) is 0 Å². The maximum Gasteiger partial charge on any atom is 0.160 e. The van der Waals surface area contributed by atoms with Gasteiger partial charge in [0.05, 0.1) is 11.4 Å². The number of aromatic nitrogens is 2. The summed E-state index contributed by atoms with van der Waals surface area (Å²) < 4.78 is 0. The highest BCUT2D eigenvalue weighted by atomic mass is 15.0. The Kier molecular flexibility index (Phi) is 7.97. The van der Waals surface area contributed by atoms with Gasteiger partial charge in [0.2, 0.25) is 0 Å². The van der Waals surface area contributed by atoms with Crippen LogP contribution < -0.4 is 5.32 Å². The Bertz CT molecular complexity index is 2520. The van der Waals surface area contributed by atoms with E-state index >= 15 is 0 Å². The quantitative estimate of drug-likeness (QED) is 0.190. The fourth-order valence-electron chi connectivity index (χ4n) is 7.94. The largest absolute Gasteiger partial charge is 0.364 e. The number of allylic oxidation sites excluding steroid dienone is 1. The van der Waals surface area contributed by atoms with Crippen LogP contribution in [0.25, 0.3) is 67.3 Å². The van der Waals surface area contributed by atoms with Gasteiger partial charge in [0.15, 0.2) is 5.82 Å². The van der Waals surface area contributed by atoms with Gasteiger partial charge in [0.1, 0.15) is 5.84 Å². The van der Waals surface area contributed by atoms with Crippen LogP contribution in [-0.4, -0.2) is 21.8 Å². The molecule has 53 heavy (non-hydrogen) atoms. The summed E-state index contributed by atoms with van der Waals surface area (Å²) in [5, 5.41) is 3.55. The summed E-state index contributed by atoms with van der Waals surface area (Å²) in [6.45, 7) is 8.86. The van der Waals surface area contributed by atoms with Crippen LogP contribution in [0.4, 0.5) is 0 Å². The molecule has 0 spiro atoms. The topological polar surface area (TPSA) is 50.2 Å². The van der Waals surface area contributed by atoms with E-state index in [9.17, 15) is 0 Å². The Morgan fingerprint density at radius 3 is 1.72 bits per heavy atom. The van der Waals surface area contributed by atoms with Crippen molar-refractivity contribution in [2.24, 2.45) is 4.99 Å². The standard InChI is InChI=1S/C49H40N4/c1-31-24-32(2)51-47(50-31)37-19-13-18-35(25-37)38-26-39(36-22-23-44-42(29-36)41-20-11-12-21-43(41)49(44,3)4)28-40(27-38)48-52-45(33-14-7-5-8-15-33)30-46(53-48)34-16-9-6-10-17-34/h5-31H,1-4H3,(H,50,51). The molecule has 6 aromatic carbocycles. The molecule has 1 aromatic heterocycles. The van der Waals surface area contributed by atoms with Crippen LogP contribution in [0.15, 0.2) is 168 Å². The highest BCUT2D eigenvalue weighted by Gasteiger charge is 2.35. The molecule has 0 saturated carbocycles. The Balaban J connectivity index is 1.25. The van der Waals surface area contributed by atoms with Gasteiger partial charge in [-0.05, 0) is 101 Å². The number of benzene rings is 6. The molecule has 0 radical (unpaired) electrons. The minimum absolute atomic E-state index is 0.0572. The lowest BCUT2D eigenvalue weighted by molar-refractivity contribution is 0.660. The van der Waals surface area contributed by atoms with Crippen molar-refractivity contribution >= 4 is 5.84 Å². The molecule has 0 fully saturated rings. The predicted octanol–water partition coefficient (Wildman–Crippen LogP) is 11.8. The van der Waals surface area contributed by atoms with E-state index in [0.717, 1.165) is 67.4 Å². The van der Waals surface area contributed by atoms with Gasteiger partial charge in [-0.15, -0.1) is 0 Å². The minimum atomic E-state index is -0.0572. The second-order valence-corrected chi connectivity index (χ2v) is 14.7. The number of nitrogens with zero attached hydrogens (tertiary/aromatic N) is 3. The van der Waals surface area contributed by atoms with Crippen molar-refractivity contribution in [1.29, 1.82) is 0 Å². The van der Waals surface area contributed by atoms with Crippen LogP contribution in [0.5, 0.6) is 0 Å².